The van der Waals surface area contributed by atoms with Crippen LogP contribution in [0.1, 0.15) is 32.1 Å². The minimum Gasteiger partial charge on any atom is -0.377 e. The van der Waals surface area contributed by atoms with E-state index < -0.39 is 11.8 Å². The van der Waals surface area contributed by atoms with Crippen LogP contribution in [0.3, 0.4) is 0 Å². The summed E-state index contributed by atoms with van der Waals surface area (Å²) in [4.78, 5) is 1.98. The Morgan fingerprint density at radius 2 is 1.93 bits per heavy atom. The second-order valence-corrected chi connectivity index (χ2v) is 4.64. The number of nitrogens with two attached hydrogens (primary N) is 1. The number of rotatable bonds is 4. The quantitative estimate of drug-likeness (QED) is 0.564. The molecule has 0 bridgehead atoms. The van der Waals surface area contributed by atoms with Gasteiger partial charge in [0, 0.05) is 6.67 Å². The lowest BCUT2D eigenvalue weighted by Gasteiger charge is -2.38. The molecule has 4 N–H and O–H groups in total. The van der Waals surface area contributed by atoms with Crippen molar-refractivity contribution < 1.29 is 5.11 Å². The van der Waals surface area contributed by atoms with Crippen molar-refractivity contribution in [2.24, 2.45) is 5.73 Å². The monoisotopic (exact) mass is 201 g/mol. The summed E-state index contributed by atoms with van der Waals surface area (Å²) in [5, 5.41) is 13.0. The molecule has 1 atom stereocenters. The van der Waals surface area contributed by atoms with Crippen molar-refractivity contribution in [1.29, 1.82) is 0 Å². The van der Waals surface area contributed by atoms with Crippen LogP contribution >= 0.6 is 0 Å². The molecule has 4 heteroatoms. The van der Waals surface area contributed by atoms with Gasteiger partial charge in [-0.25, -0.2) is 0 Å². The lowest BCUT2D eigenvalue weighted by Crippen LogP contribution is -2.59. The molecule has 0 aromatic rings. The highest BCUT2D eigenvalue weighted by atomic mass is 16.3. The average Bonchev–Trinajstić information content (AvgIpc) is 2.15. The van der Waals surface area contributed by atoms with Crippen LogP contribution in [0.4, 0.5) is 0 Å². The molecule has 0 aromatic carbocycles. The fourth-order valence-corrected chi connectivity index (χ4v) is 1.96. The van der Waals surface area contributed by atoms with E-state index >= 15 is 0 Å². The zero-order valence-corrected chi connectivity index (χ0v) is 9.29. The van der Waals surface area contributed by atoms with E-state index in [9.17, 15) is 5.11 Å². The predicted octanol–water partition coefficient (Wildman–Crippen LogP) is 0.0751. The molecule has 1 saturated carbocycles. The van der Waals surface area contributed by atoms with Crippen molar-refractivity contribution in [3.8, 4) is 0 Å². The summed E-state index contributed by atoms with van der Waals surface area (Å²) in [7, 11) is 3.92. The summed E-state index contributed by atoms with van der Waals surface area (Å²) in [5.74, 6) is 0. The molecule has 0 radical (unpaired) electrons. The second-order valence-electron chi connectivity index (χ2n) is 4.64. The number of aliphatic hydroxyl groups excluding tert-OH is 1. The van der Waals surface area contributed by atoms with Crippen LogP contribution in [0.5, 0.6) is 0 Å². The van der Waals surface area contributed by atoms with Gasteiger partial charge in [0.25, 0.3) is 0 Å². The van der Waals surface area contributed by atoms with Gasteiger partial charge >= 0.3 is 0 Å². The van der Waals surface area contributed by atoms with Gasteiger partial charge in [0.1, 0.15) is 6.23 Å². The molecule has 0 aliphatic heterocycles. The maximum atomic E-state index is 9.92. The van der Waals surface area contributed by atoms with Gasteiger partial charge in [-0.1, -0.05) is 19.3 Å². The number of hydrogen-bond acceptors (Lipinski definition) is 4. The third-order valence-electron chi connectivity index (χ3n) is 2.93. The number of aliphatic hydroxyl groups is 1. The molecule has 0 spiro atoms. The Bertz CT molecular complexity index is 167. The maximum absolute atomic E-state index is 9.92. The summed E-state index contributed by atoms with van der Waals surface area (Å²) in [6, 6.07) is 0. The largest absolute Gasteiger partial charge is 0.377 e. The third-order valence-corrected chi connectivity index (χ3v) is 2.93. The van der Waals surface area contributed by atoms with Gasteiger partial charge in [0.2, 0.25) is 0 Å². The summed E-state index contributed by atoms with van der Waals surface area (Å²) >= 11 is 0. The van der Waals surface area contributed by atoms with Crippen LogP contribution in [0.2, 0.25) is 0 Å². The molecular weight excluding hydrogens is 178 g/mol. The van der Waals surface area contributed by atoms with Crippen molar-refractivity contribution in [3.63, 3.8) is 0 Å². The first-order valence-corrected chi connectivity index (χ1v) is 5.40. The smallest absolute Gasteiger partial charge is 0.124 e. The normalized spacial score (nSPS) is 23.8. The van der Waals surface area contributed by atoms with E-state index in [0.29, 0.717) is 6.67 Å². The Morgan fingerprint density at radius 1 is 1.36 bits per heavy atom. The fourth-order valence-electron chi connectivity index (χ4n) is 1.96. The maximum Gasteiger partial charge on any atom is 0.124 e. The Kier molecular flexibility index (Phi) is 4.31. The molecule has 14 heavy (non-hydrogen) atoms. The highest BCUT2D eigenvalue weighted by Gasteiger charge is 2.34. The van der Waals surface area contributed by atoms with Crippen LogP contribution in [0.15, 0.2) is 0 Å². The van der Waals surface area contributed by atoms with Gasteiger partial charge in [-0.3, -0.25) is 10.2 Å². The third kappa shape index (κ3) is 3.20. The summed E-state index contributed by atoms with van der Waals surface area (Å²) < 4.78 is 0. The van der Waals surface area contributed by atoms with Crippen LogP contribution in [-0.4, -0.2) is 42.5 Å². The van der Waals surface area contributed by atoms with E-state index in [1.807, 2.05) is 19.0 Å². The minimum atomic E-state index is -0.579. The second kappa shape index (κ2) is 5.07. The molecule has 1 aliphatic carbocycles. The zero-order valence-electron chi connectivity index (χ0n) is 9.29. The van der Waals surface area contributed by atoms with Gasteiger partial charge in [-0.2, -0.15) is 0 Å². The lowest BCUT2D eigenvalue weighted by molar-refractivity contribution is 0.0238. The van der Waals surface area contributed by atoms with Crippen molar-refractivity contribution >= 4 is 0 Å². The van der Waals surface area contributed by atoms with Crippen molar-refractivity contribution in [3.05, 3.63) is 0 Å². The van der Waals surface area contributed by atoms with E-state index in [0.717, 1.165) is 25.7 Å². The first kappa shape index (κ1) is 11.9. The molecule has 84 valence electrons. The first-order chi connectivity index (χ1) is 6.54. The molecule has 1 fully saturated rings. The van der Waals surface area contributed by atoms with Gasteiger partial charge in [-0.15, -0.1) is 0 Å². The molecule has 0 saturated heterocycles. The minimum absolute atomic E-state index is 0.408. The number of nitrogens with one attached hydrogen (secondary N) is 1. The zero-order chi connectivity index (χ0) is 10.6. The first-order valence-electron chi connectivity index (χ1n) is 5.40. The average molecular weight is 201 g/mol. The molecule has 4 nitrogen and oxygen atoms in total. The Balaban J connectivity index is 2.36. The lowest BCUT2D eigenvalue weighted by atomic mass is 9.81. The van der Waals surface area contributed by atoms with E-state index in [4.69, 9.17) is 5.73 Å². The van der Waals surface area contributed by atoms with E-state index in [1.165, 1.54) is 6.42 Å². The van der Waals surface area contributed by atoms with Crippen molar-refractivity contribution in [1.82, 2.24) is 10.2 Å². The highest BCUT2D eigenvalue weighted by molar-refractivity contribution is 4.92. The standard InChI is InChI=1S/C10H23N3O/c1-13(2)8-12-9(14)10(11)6-4-3-5-7-10/h9,12,14H,3-8,11H2,1-2H3. The van der Waals surface area contributed by atoms with Crippen LogP contribution in [-0.2, 0) is 0 Å². The summed E-state index contributed by atoms with van der Waals surface area (Å²) in [6.45, 7) is 0.667. The van der Waals surface area contributed by atoms with Crippen molar-refractivity contribution in [2.75, 3.05) is 20.8 Å². The van der Waals surface area contributed by atoms with E-state index in [2.05, 4.69) is 5.32 Å². The van der Waals surface area contributed by atoms with Crippen LogP contribution < -0.4 is 11.1 Å². The van der Waals surface area contributed by atoms with Crippen LogP contribution in [0.25, 0.3) is 0 Å². The van der Waals surface area contributed by atoms with Gasteiger partial charge in [-0.05, 0) is 26.9 Å². The van der Waals surface area contributed by atoms with Gasteiger partial charge in [0.15, 0.2) is 0 Å². The highest BCUT2D eigenvalue weighted by Crippen LogP contribution is 2.27. The molecule has 1 unspecified atom stereocenters. The molecule has 0 heterocycles. The summed E-state index contributed by atoms with van der Waals surface area (Å²) in [6.07, 6.45) is 4.79. The molecule has 1 rings (SSSR count). The van der Waals surface area contributed by atoms with E-state index in [-0.39, 0.29) is 0 Å². The van der Waals surface area contributed by atoms with Crippen molar-refractivity contribution in [2.45, 2.75) is 43.9 Å². The topological polar surface area (TPSA) is 61.5 Å². The fraction of sp³-hybridized carbons (Fsp3) is 1.00. The summed E-state index contributed by atoms with van der Waals surface area (Å²) in [5.41, 5.74) is 5.75. The Hall–Kier alpha value is -0.160. The van der Waals surface area contributed by atoms with Crippen LogP contribution in [0, 0.1) is 0 Å². The van der Waals surface area contributed by atoms with E-state index in [1.54, 1.807) is 0 Å². The molecular formula is C10H23N3O. The number of nitrogens with zero attached hydrogens (tertiary/aromatic N) is 1. The number of hydrogen-bond donors (Lipinski definition) is 3. The van der Waals surface area contributed by atoms with Gasteiger partial charge in [0.05, 0.1) is 5.54 Å². The predicted molar refractivity (Wildman–Crippen MR) is 57.7 cm³/mol. The SMILES string of the molecule is CN(C)CNC(O)C1(N)CCCCC1. The van der Waals surface area contributed by atoms with Gasteiger partial charge < -0.3 is 10.8 Å². The molecule has 0 aromatic heterocycles. The molecule has 0 amide bonds. The molecule has 1 aliphatic rings. The Labute approximate surface area is 86.5 Å². The Morgan fingerprint density at radius 3 is 2.43 bits per heavy atom.